The van der Waals surface area contributed by atoms with Gasteiger partial charge in [-0.3, -0.25) is 5.10 Å². The van der Waals surface area contributed by atoms with Gasteiger partial charge in [0.05, 0.1) is 23.7 Å². The van der Waals surface area contributed by atoms with Crippen LogP contribution in [0.4, 0.5) is 8.78 Å². The SMILES string of the molecule is OC[C@H](O)COc1cc(Oc2ccc(F)cc2F)cc2[nH]ncc12. The van der Waals surface area contributed by atoms with Gasteiger partial charge in [0, 0.05) is 18.2 Å². The van der Waals surface area contributed by atoms with Crippen molar-refractivity contribution in [3.05, 3.63) is 48.2 Å². The second-order valence-corrected chi connectivity index (χ2v) is 5.08. The number of H-pyrrole nitrogens is 1. The van der Waals surface area contributed by atoms with Gasteiger partial charge in [-0.25, -0.2) is 8.78 Å². The van der Waals surface area contributed by atoms with Crippen molar-refractivity contribution >= 4 is 10.9 Å². The van der Waals surface area contributed by atoms with Crippen molar-refractivity contribution in [3.63, 3.8) is 0 Å². The number of aliphatic hydroxyl groups is 2. The monoisotopic (exact) mass is 336 g/mol. The maximum atomic E-state index is 13.7. The number of benzene rings is 2. The van der Waals surface area contributed by atoms with Gasteiger partial charge < -0.3 is 19.7 Å². The molecule has 0 aliphatic heterocycles. The summed E-state index contributed by atoms with van der Waals surface area (Å²) in [5.74, 6) is -1.10. The number of ether oxygens (including phenoxy) is 2. The van der Waals surface area contributed by atoms with E-state index in [1.165, 1.54) is 18.3 Å². The van der Waals surface area contributed by atoms with Crippen molar-refractivity contribution in [2.75, 3.05) is 13.2 Å². The predicted molar refractivity (Wildman–Crippen MR) is 81.1 cm³/mol. The molecule has 0 amide bonds. The van der Waals surface area contributed by atoms with Gasteiger partial charge in [-0.15, -0.1) is 0 Å². The number of nitrogens with one attached hydrogen (secondary N) is 1. The lowest BCUT2D eigenvalue weighted by Gasteiger charge is -2.13. The largest absolute Gasteiger partial charge is 0.490 e. The molecular formula is C16H14F2N2O4. The Morgan fingerprint density at radius 3 is 2.75 bits per heavy atom. The Bertz CT molecular complexity index is 853. The summed E-state index contributed by atoms with van der Waals surface area (Å²) in [5, 5.41) is 25.5. The molecule has 3 aromatic rings. The minimum absolute atomic E-state index is 0.134. The molecule has 0 radical (unpaired) electrons. The topological polar surface area (TPSA) is 87.6 Å². The molecule has 0 unspecified atom stereocenters. The van der Waals surface area contributed by atoms with E-state index in [4.69, 9.17) is 14.6 Å². The fraction of sp³-hybridized carbons (Fsp3) is 0.188. The fourth-order valence-corrected chi connectivity index (χ4v) is 2.10. The molecule has 0 saturated heterocycles. The van der Waals surface area contributed by atoms with Crippen molar-refractivity contribution in [1.82, 2.24) is 10.2 Å². The van der Waals surface area contributed by atoms with Crippen LogP contribution in [0.25, 0.3) is 10.9 Å². The van der Waals surface area contributed by atoms with Gasteiger partial charge >= 0.3 is 0 Å². The van der Waals surface area contributed by atoms with Gasteiger partial charge in [0.25, 0.3) is 0 Å². The number of nitrogens with zero attached hydrogens (tertiary/aromatic N) is 1. The summed E-state index contributed by atoms with van der Waals surface area (Å²) in [5.41, 5.74) is 0.573. The minimum Gasteiger partial charge on any atom is -0.490 e. The summed E-state index contributed by atoms with van der Waals surface area (Å²) in [4.78, 5) is 0. The lowest BCUT2D eigenvalue weighted by molar-refractivity contribution is 0.0540. The molecule has 0 spiro atoms. The number of aromatic nitrogens is 2. The number of hydrogen-bond donors (Lipinski definition) is 3. The summed E-state index contributed by atoms with van der Waals surface area (Å²) in [7, 11) is 0. The van der Waals surface area contributed by atoms with Crippen molar-refractivity contribution in [3.8, 4) is 17.2 Å². The van der Waals surface area contributed by atoms with Crippen LogP contribution in [-0.4, -0.2) is 39.7 Å². The third kappa shape index (κ3) is 3.44. The molecule has 1 atom stereocenters. The molecule has 0 fully saturated rings. The van der Waals surface area contributed by atoms with E-state index < -0.39 is 24.3 Å². The second-order valence-electron chi connectivity index (χ2n) is 5.08. The van der Waals surface area contributed by atoms with E-state index in [0.717, 1.165) is 12.1 Å². The zero-order valence-electron chi connectivity index (χ0n) is 12.4. The summed E-state index contributed by atoms with van der Waals surface area (Å²) >= 11 is 0. The number of halogens is 2. The molecule has 2 aromatic carbocycles. The first-order valence-electron chi connectivity index (χ1n) is 7.08. The molecule has 0 aliphatic rings. The minimum atomic E-state index is -1.04. The molecule has 0 saturated carbocycles. The van der Waals surface area contributed by atoms with E-state index >= 15 is 0 Å². The van der Waals surface area contributed by atoms with E-state index in [-0.39, 0.29) is 18.1 Å². The zero-order chi connectivity index (χ0) is 17.1. The predicted octanol–water partition coefficient (Wildman–Crippen LogP) is 2.37. The highest BCUT2D eigenvalue weighted by Crippen LogP contribution is 2.33. The van der Waals surface area contributed by atoms with E-state index in [2.05, 4.69) is 10.2 Å². The van der Waals surface area contributed by atoms with Gasteiger partial charge in [-0.2, -0.15) is 5.10 Å². The van der Waals surface area contributed by atoms with Crippen LogP contribution in [0, 0.1) is 11.6 Å². The molecule has 0 bridgehead atoms. The molecule has 24 heavy (non-hydrogen) atoms. The maximum Gasteiger partial charge on any atom is 0.168 e. The Kier molecular flexibility index (Phi) is 4.59. The van der Waals surface area contributed by atoms with Crippen molar-refractivity contribution < 1.29 is 28.5 Å². The molecule has 1 aromatic heterocycles. The quantitative estimate of drug-likeness (QED) is 0.643. The van der Waals surface area contributed by atoms with Gasteiger partial charge in [-0.1, -0.05) is 0 Å². The third-order valence-electron chi connectivity index (χ3n) is 3.26. The molecule has 8 heteroatoms. The Morgan fingerprint density at radius 2 is 2.00 bits per heavy atom. The zero-order valence-corrected chi connectivity index (χ0v) is 12.4. The lowest BCUT2D eigenvalue weighted by atomic mass is 10.2. The van der Waals surface area contributed by atoms with E-state index in [1.807, 2.05) is 0 Å². The van der Waals surface area contributed by atoms with Crippen LogP contribution >= 0.6 is 0 Å². The van der Waals surface area contributed by atoms with Gasteiger partial charge in [0.2, 0.25) is 0 Å². The first-order valence-corrected chi connectivity index (χ1v) is 7.08. The number of aromatic amines is 1. The van der Waals surface area contributed by atoms with Gasteiger partial charge in [0.1, 0.15) is 30.0 Å². The first kappa shape index (κ1) is 16.2. The Labute approximate surface area is 135 Å². The average Bonchev–Trinajstić information content (AvgIpc) is 3.03. The Morgan fingerprint density at radius 1 is 1.17 bits per heavy atom. The highest BCUT2D eigenvalue weighted by molar-refractivity contribution is 5.86. The first-order chi connectivity index (χ1) is 11.6. The molecule has 1 heterocycles. The lowest BCUT2D eigenvalue weighted by Crippen LogP contribution is -2.21. The highest BCUT2D eigenvalue weighted by atomic mass is 19.1. The second kappa shape index (κ2) is 6.81. The van der Waals surface area contributed by atoms with Crippen LogP contribution in [0.3, 0.4) is 0 Å². The van der Waals surface area contributed by atoms with Crippen molar-refractivity contribution in [2.45, 2.75) is 6.10 Å². The van der Waals surface area contributed by atoms with Gasteiger partial charge in [0.15, 0.2) is 11.6 Å². The van der Waals surface area contributed by atoms with Crippen LogP contribution in [0.1, 0.15) is 0 Å². The normalized spacial score (nSPS) is 12.3. The summed E-state index contributed by atoms with van der Waals surface area (Å²) < 4.78 is 37.6. The van der Waals surface area contributed by atoms with Crippen LogP contribution < -0.4 is 9.47 Å². The van der Waals surface area contributed by atoms with E-state index in [9.17, 15) is 13.9 Å². The third-order valence-corrected chi connectivity index (χ3v) is 3.26. The maximum absolute atomic E-state index is 13.7. The standard InChI is InChI=1S/C16H14F2N2O4/c17-9-1-2-15(13(18)3-9)24-11-4-14-12(6-19-20-14)16(5-11)23-8-10(22)7-21/h1-6,10,21-22H,7-8H2,(H,19,20)/t10-/m0/s1. The van der Waals surface area contributed by atoms with Gasteiger partial charge in [-0.05, 0) is 12.1 Å². The number of rotatable bonds is 6. The average molecular weight is 336 g/mol. The van der Waals surface area contributed by atoms with E-state index in [0.29, 0.717) is 16.7 Å². The summed E-state index contributed by atoms with van der Waals surface area (Å²) in [6.45, 7) is -0.573. The van der Waals surface area contributed by atoms with Crippen LogP contribution in [0.5, 0.6) is 17.2 Å². The molecule has 3 N–H and O–H groups in total. The molecular weight excluding hydrogens is 322 g/mol. The molecule has 0 aliphatic carbocycles. The van der Waals surface area contributed by atoms with Crippen molar-refractivity contribution in [1.29, 1.82) is 0 Å². The summed E-state index contributed by atoms with van der Waals surface area (Å²) in [6, 6.07) is 6.06. The Balaban J connectivity index is 1.90. The fourth-order valence-electron chi connectivity index (χ4n) is 2.10. The number of aliphatic hydroxyl groups excluding tert-OH is 2. The van der Waals surface area contributed by atoms with Crippen LogP contribution in [-0.2, 0) is 0 Å². The number of fused-ring (bicyclic) bond motifs is 1. The smallest absolute Gasteiger partial charge is 0.168 e. The Hall–Kier alpha value is -2.71. The highest BCUT2D eigenvalue weighted by Gasteiger charge is 2.13. The number of hydrogen-bond acceptors (Lipinski definition) is 5. The molecule has 6 nitrogen and oxygen atoms in total. The van der Waals surface area contributed by atoms with Crippen LogP contribution in [0.15, 0.2) is 36.5 Å². The van der Waals surface area contributed by atoms with Crippen LogP contribution in [0.2, 0.25) is 0 Å². The van der Waals surface area contributed by atoms with E-state index in [1.54, 1.807) is 6.07 Å². The molecule has 126 valence electrons. The van der Waals surface area contributed by atoms with Crippen molar-refractivity contribution in [2.24, 2.45) is 0 Å². The molecule has 3 rings (SSSR count). The summed E-state index contributed by atoms with van der Waals surface area (Å²) in [6.07, 6.45) is 0.490.